The minimum absolute atomic E-state index is 0.0365. The largest absolute Gasteiger partial charge is 0.383 e. The van der Waals surface area contributed by atoms with Gasteiger partial charge in [-0.1, -0.05) is 6.08 Å². The average molecular weight is 460 g/mol. The number of allylic oxidation sites excluding steroid dienone is 1. The van der Waals surface area contributed by atoms with E-state index in [1.54, 1.807) is 13.3 Å². The van der Waals surface area contributed by atoms with E-state index < -0.39 is 0 Å². The number of aliphatic imine (C=N–C) groups is 1. The highest BCUT2D eigenvalue weighted by molar-refractivity contribution is 5.98. The fourth-order valence-corrected chi connectivity index (χ4v) is 4.26. The van der Waals surface area contributed by atoms with Gasteiger partial charge in [0.25, 0.3) is 5.91 Å². The van der Waals surface area contributed by atoms with Crippen LogP contribution in [0.1, 0.15) is 29.0 Å². The Morgan fingerprint density at radius 3 is 2.82 bits per heavy atom. The third-order valence-corrected chi connectivity index (χ3v) is 6.16. The number of aromatic nitrogens is 3. The molecule has 0 aliphatic carbocycles. The van der Waals surface area contributed by atoms with Gasteiger partial charge in [0, 0.05) is 68.8 Å². The molecule has 9 heteroatoms. The Kier molecular flexibility index (Phi) is 6.64. The summed E-state index contributed by atoms with van der Waals surface area (Å²) in [5.41, 5.74) is 4.06. The zero-order chi connectivity index (χ0) is 23.3. The number of nitrogens with one attached hydrogen (secondary N) is 2. The number of H-pyrrole nitrogens is 1. The van der Waals surface area contributed by atoms with Gasteiger partial charge in [-0.15, -0.1) is 0 Å². The quantitative estimate of drug-likeness (QED) is 0.563. The monoisotopic (exact) mass is 459 g/mol. The van der Waals surface area contributed by atoms with Crippen molar-refractivity contribution in [1.82, 2.24) is 24.8 Å². The zero-order valence-electron chi connectivity index (χ0n) is 19.3. The first kappa shape index (κ1) is 22.2. The summed E-state index contributed by atoms with van der Waals surface area (Å²) in [6.45, 7) is 4.79. The van der Waals surface area contributed by atoms with Crippen LogP contribution in [-0.2, 0) is 4.74 Å². The van der Waals surface area contributed by atoms with Gasteiger partial charge in [0.1, 0.15) is 5.69 Å². The highest BCUT2D eigenvalue weighted by Gasteiger charge is 2.23. The molecule has 0 unspecified atom stereocenters. The highest BCUT2D eigenvalue weighted by atomic mass is 16.5. The van der Waals surface area contributed by atoms with Crippen LogP contribution in [0.2, 0.25) is 0 Å². The second-order valence-electron chi connectivity index (χ2n) is 8.48. The molecule has 2 aromatic heterocycles. The number of fused-ring (bicyclic) bond motifs is 1. The second-order valence-corrected chi connectivity index (χ2v) is 8.48. The van der Waals surface area contributed by atoms with Crippen LogP contribution >= 0.6 is 0 Å². The third kappa shape index (κ3) is 5.00. The first-order valence-electron chi connectivity index (χ1n) is 11.7. The van der Waals surface area contributed by atoms with Crippen molar-refractivity contribution in [3.05, 3.63) is 54.0 Å². The van der Waals surface area contributed by atoms with Crippen LogP contribution < -0.4 is 5.32 Å². The van der Waals surface area contributed by atoms with Gasteiger partial charge < -0.3 is 19.9 Å². The van der Waals surface area contributed by atoms with Crippen LogP contribution in [0.3, 0.4) is 0 Å². The van der Waals surface area contributed by atoms with Crippen molar-refractivity contribution >= 4 is 40.4 Å². The van der Waals surface area contributed by atoms with Gasteiger partial charge in [0.2, 0.25) is 5.95 Å². The topological polar surface area (TPSA) is 98.7 Å². The number of amides is 1. The number of hydrogen-bond donors (Lipinski definition) is 2. The molecule has 34 heavy (non-hydrogen) atoms. The standard InChI is InChI=1S/C25H29N7O2/c1-34-15-14-31-10-12-32(13-11-31)24(33)23-17-18-16-19(5-6-20(18)29-23)28-25-27-9-7-22(30-25)21-4-2-3-8-26-21/h4-9,16-17,29H,2-3,10-15H2,1H3,(H,27,28,30). The molecule has 0 spiro atoms. The van der Waals surface area contributed by atoms with Crippen molar-refractivity contribution in [1.29, 1.82) is 0 Å². The molecular formula is C25H29N7O2. The fraction of sp³-hybridized carbons (Fsp3) is 0.360. The molecule has 0 saturated carbocycles. The van der Waals surface area contributed by atoms with Gasteiger partial charge in [0.15, 0.2) is 0 Å². The molecule has 0 radical (unpaired) electrons. The van der Waals surface area contributed by atoms with E-state index >= 15 is 0 Å². The molecule has 176 valence electrons. The Balaban J connectivity index is 1.27. The average Bonchev–Trinajstić information content (AvgIpc) is 3.31. The van der Waals surface area contributed by atoms with Crippen LogP contribution in [0.25, 0.3) is 16.6 Å². The minimum atomic E-state index is 0.0365. The maximum Gasteiger partial charge on any atom is 0.270 e. The van der Waals surface area contributed by atoms with Crippen molar-refractivity contribution in [3.63, 3.8) is 0 Å². The Bertz CT molecular complexity index is 1220. The van der Waals surface area contributed by atoms with E-state index in [2.05, 4.69) is 36.2 Å². The Labute approximate surface area is 198 Å². The molecule has 0 bridgehead atoms. The van der Waals surface area contributed by atoms with Crippen molar-refractivity contribution < 1.29 is 9.53 Å². The maximum absolute atomic E-state index is 13.1. The molecule has 1 fully saturated rings. The number of nitrogens with zero attached hydrogens (tertiary/aromatic N) is 5. The minimum Gasteiger partial charge on any atom is -0.383 e. The number of methoxy groups -OCH3 is 1. The molecule has 1 aromatic carbocycles. The number of aromatic amines is 1. The maximum atomic E-state index is 13.1. The van der Waals surface area contributed by atoms with Gasteiger partial charge in [-0.05, 0) is 43.2 Å². The molecule has 0 atom stereocenters. The first-order chi connectivity index (χ1) is 16.7. The molecule has 2 aliphatic heterocycles. The lowest BCUT2D eigenvalue weighted by molar-refractivity contribution is 0.0590. The van der Waals surface area contributed by atoms with Gasteiger partial charge >= 0.3 is 0 Å². The number of anilines is 2. The summed E-state index contributed by atoms with van der Waals surface area (Å²) in [5, 5.41) is 4.23. The van der Waals surface area contributed by atoms with Gasteiger partial charge in [-0.25, -0.2) is 9.97 Å². The first-order valence-corrected chi connectivity index (χ1v) is 11.7. The Hall–Kier alpha value is -3.56. The summed E-state index contributed by atoms with van der Waals surface area (Å²) in [6.07, 6.45) is 7.68. The van der Waals surface area contributed by atoms with E-state index in [9.17, 15) is 4.79 Å². The third-order valence-electron chi connectivity index (χ3n) is 6.16. The lowest BCUT2D eigenvalue weighted by Crippen LogP contribution is -2.49. The van der Waals surface area contributed by atoms with Crippen molar-refractivity contribution in [2.75, 3.05) is 51.8 Å². The molecule has 3 aromatic rings. The number of piperazine rings is 1. The Morgan fingerprint density at radius 2 is 2.03 bits per heavy atom. The van der Waals surface area contributed by atoms with Crippen LogP contribution in [0, 0.1) is 0 Å². The van der Waals surface area contributed by atoms with Crippen molar-refractivity contribution in [2.45, 2.75) is 12.8 Å². The van der Waals surface area contributed by atoms with Crippen LogP contribution in [0.5, 0.6) is 0 Å². The van der Waals surface area contributed by atoms with Crippen molar-refractivity contribution in [2.24, 2.45) is 4.99 Å². The SMILES string of the molecule is COCCN1CCN(C(=O)c2cc3cc(Nc4nccc(C5=CCCC=N5)n4)ccc3[nH]2)CC1. The van der Waals surface area contributed by atoms with E-state index in [4.69, 9.17) is 4.74 Å². The van der Waals surface area contributed by atoms with Gasteiger partial charge in [-0.3, -0.25) is 14.7 Å². The molecular weight excluding hydrogens is 430 g/mol. The number of rotatable bonds is 7. The number of hydrogen-bond acceptors (Lipinski definition) is 7. The second kappa shape index (κ2) is 10.1. The molecule has 2 N–H and O–H groups in total. The summed E-state index contributed by atoms with van der Waals surface area (Å²) < 4.78 is 5.15. The molecule has 2 aliphatic rings. The van der Waals surface area contributed by atoms with E-state index in [1.165, 1.54) is 0 Å². The van der Waals surface area contributed by atoms with E-state index in [0.717, 1.165) is 73.5 Å². The smallest absolute Gasteiger partial charge is 0.270 e. The molecule has 9 nitrogen and oxygen atoms in total. The molecule has 1 saturated heterocycles. The molecule has 4 heterocycles. The summed E-state index contributed by atoms with van der Waals surface area (Å²) in [5.74, 6) is 0.547. The predicted molar refractivity (Wildman–Crippen MR) is 134 cm³/mol. The van der Waals surface area contributed by atoms with E-state index in [1.807, 2.05) is 41.4 Å². The van der Waals surface area contributed by atoms with Gasteiger partial charge in [-0.2, -0.15) is 0 Å². The number of ether oxygens (including phenoxy) is 1. The van der Waals surface area contributed by atoms with Crippen LogP contribution in [0.4, 0.5) is 11.6 Å². The number of benzene rings is 1. The normalized spacial score (nSPS) is 16.6. The van der Waals surface area contributed by atoms with E-state index in [0.29, 0.717) is 18.2 Å². The Morgan fingerprint density at radius 1 is 1.15 bits per heavy atom. The molecule has 5 rings (SSSR count). The lowest BCUT2D eigenvalue weighted by atomic mass is 10.2. The van der Waals surface area contributed by atoms with E-state index in [-0.39, 0.29) is 5.91 Å². The zero-order valence-corrected chi connectivity index (χ0v) is 19.3. The summed E-state index contributed by atoms with van der Waals surface area (Å²) in [4.78, 5) is 33.9. The summed E-state index contributed by atoms with van der Waals surface area (Å²) in [6, 6.07) is 9.70. The van der Waals surface area contributed by atoms with Crippen LogP contribution in [-0.4, -0.2) is 83.3 Å². The van der Waals surface area contributed by atoms with Crippen LogP contribution in [0.15, 0.2) is 47.6 Å². The predicted octanol–water partition coefficient (Wildman–Crippen LogP) is 3.31. The highest BCUT2D eigenvalue weighted by Crippen LogP contribution is 2.24. The van der Waals surface area contributed by atoms with Crippen molar-refractivity contribution in [3.8, 4) is 0 Å². The number of carbonyl (C=O) groups excluding carboxylic acids is 1. The summed E-state index contributed by atoms with van der Waals surface area (Å²) in [7, 11) is 1.71. The molecule has 1 amide bonds. The fourth-order valence-electron chi connectivity index (χ4n) is 4.26. The van der Waals surface area contributed by atoms with Gasteiger partial charge in [0.05, 0.1) is 18.0 Å². The number of carbonyl (C=O) groups is 1. The summed E-state index contributed by atoms with van der Waals surface area (Å²) >= 11 is 0. The lowest BCUT2D eigenvalue weighted by Gasteiger charge is -2.34.